The molecule has 21 heavy (non-hydrogen) atoms. The van der Waals surface area contributed by atoms with E-state index in [1.807, 2.05) is 42.2 Å². The normalized spacial score (nSPS) is 10.4. The predicted molar refractivity (Wildman–Crippen MR) is 84.6 cm³/mol. The third-order valence-electron chi connectivity index (χ3n) is 3.16. The Morgan fingerprint density at radius 3 is 2.62 bits per heavy atom. The number of anilines is 1. The van der Waals surface area contributed by atoms with Gasteiger partial charge in [0, 0.05) is 24.3 Å². The second kappa shape index (κ2) is 6.85. The number of aromatic nitrogens is 1. The van der Waals surface area contributed by atoms with Gasteiger partial charge in [0.1, 0.15) is 11.7 Å². The fourth-order valence-electron chi connectivity index (χ4n) is 2.17. The summed E-state index contributed by atoms with van der Waals surface area (Å²) in [5, 5.41) is 16.9. The van der Waals surface area contributed by atoms with E-state index in [9.17, 15) is 5.11 Å². The number of aliphatic hydroxyl groups is 1. The Kier molecular flexibility index (Phi) is 4.90. The molecule has 2 aromatic rings. The Morgan fingerprint density at radius 2 is 2.00 bits per heavy atom. The number of nitrogens with one attached hydrogen (secondary N) is 1. The lowest BCUT2D eigenvalue weighted by atomic mass is 10.2. The molecule has 0 bridgehead atoms. The van der Waals surface area contributed by atoms with Crippen LogP contribution >= 0.6 is 0 Å². The molecule has 0 aliphatic heterocycles. The van der Waals surface area contributed by atoms with E-state index in [2.05, 4.69) is 4.98 Å². The first-order valence-electron chi connectivity index (χ1n) is 6.83. The van der Waals surface area contributed by atoms with Crippen LogP contribution in [0, 0.1) is 12.3 Å². The van der Waals surface area contributed by atoms with Crippen LogP contribution in [0.4, 0.5) is 5.82 Å². The number of benzene rings is 1. The van der Waals surface area contributed by atoms with Gasteiger partial charge in [-0.05, 0) is 24.6 Å². The molecule has 0 aliphatic carbocycles. The molecule has 0 saturated heterocycles. The first-order valence-corrected chi connectivity index (χ1v) is 6.83. The van der Waals surface area contributed by atoms with E-state index in [0.29, 0.717) is 18.7 Å². The minimum absolute atomic E-state index is 0.0189. The number of hydrogen-bond acceptors (Lipinski definition) is 4. The van der Waals surface area contributed by atoms with Gasteiger partial charge in [0.15, 0.2) is 0 Å². The number of nitrogens with two attached hydrogens (primary N) is 1. The Hall–Kier alpha value is -2.40. The lowest BCUT2D eigenvalue weighted by molar-refractivity contribution is 0.301. The highest BCUT2D eigenvalue weighted by Gasteiger charge is 2.11. The second-order valence-electron chi connectivity index (χ2n) is 4.90. The number of nitrogens with zero attached hydrogens (tertiary/aromatic N) is 2. The van der Waals surface area contributed by atoms with Crippen LogP contribution in [0.1, 0.15) is 16.8 Å². The lowest BCUT2D eigenvalue weighted by Crippen LogP contribution is -2.27. The minimum Gasteiger partial charge on any atom is -0.395 e. The molecule has 1 aromatic carbocycles. The summed E-state index contributed by atoms with van der Waals surface area (Å²) in [4.78, 5) is 6.47. The summed E-state index contributed by atoms with van der Waals surface area (Å²) in [7, 11) is 0. The van der Waals surface area contributed by atoms with Crippen molar-refractivity contribution in [2.75, 3.05) is 18.1 Å². The van der Waals surface area contributed by atoms with Gasteiger partial charge in [0.25, 0.3) is 0 Å². The third-order valence-corrected chi connectivity index (χ3v) is 3.16. The SMILES string of the molecule is Cc1cc(C(=N)N)cc(N(CCO)Cc2ccccc2)n1. The maximum Gasteiger partial charge on any atom is 0.129 e. The van der Waals surface area contributed by atoms with Gasteiger partial charge in [-0.2, -0.15) is 0 Å². The van der Waals surface area contributed by atoms with E-state index in [-0.39, 0.29) is 12.4 Å². The molecule has 1 heterocycles. The van der Waals surface area contributed by atoms with Gasteiger partial charge in [0.2, 0.25) is 0 Å². The Bertz CT molecular complexity index is 613. The van der Waals surface area contributed by atoms with Crippen LogP contribution in [0.5, 0.6) is 0 Å². The van der Waals surface area contributed by atoms with Crippen molar-refractivity contribution >= 4 is 11.7 Å². The van der Waals surface area contributed by atoms with Crippen molar-refractivity contribution in [3.63, 3.8) is 0 Å². The fraction of sp³-hybridized carbons (Fsp3) is 0.250. The Balaban J connectivity index is 2.31. The van der Waals surface area contributed by atoms with E-state index >= 15 is 0 Å². The molecule has 0 fully saturated rings. The van der Waals surface area contributed by atoms with Crippen LogP contribution in [-0.4, -0.2) is 29.1 Å². The number of aliphatic hydroxyl groups excluding tert-OH is 1. The third kappa shape index (κ3) is 4.03. The molecule has 5 nitrogen and oxygen atoms in total. The number of pyridine rings is 1. The van der Waals surface area contributed by atoms with Gasteiger partial charge in [-0.3, -0.25) is 5.41 Å². The monoisotopic (exact) mass is 284 g/mol. The molecular formula is C16H20N4O. The quantitative estimate of drug-likeness (QED) is 0.556. The predicted octanol–water partition coefficient (Wildman–Crippen LogP) is 1.67. The zero-order valence-electron chi connectivity index (χ0n) is 12.1. The number of nitrogen functional groups attached to an aromatic ring is 1. The number of hydrogen-bond donors (Lipinski definition) is 3. The summed E-state index contributed by atoms with van der Waals surface area (Å²) in [6, 6.07) is 13.6. The van der Waals surface area contributed by atoms with Crippen molar-refractivity contribution in [3.05, 3.63) is 59.3 Å². The molecular weight excluding hydrogens is 264 g/mol. The molecule has 5 heteroatoms. The largest absolute Gasteiger partial charge is 0.395 e. The van der Waals surface area contributed by atoms with Crippen molar-refractivity contribution < 1.29 is 5.11 Å². The molecule has 0 amide bonds. The van der Waals surface area contributed by atoms with Crippen molar-refractivity contribution in [3.8, 4) is 0 Å². The molecule has 0 unspecified atom stereocenters. The standard InChI is InChI=1S/C16H20N4O/c1-12-9-14(16(17)18)10-15(19-12)20(7-8-21)11-13-5-3-2-4-6-13/h2-6,9-10,21H,7-8,11H2,1H3,(H3,17,18). The van der Waals surface area contributed by atoms with Gasteiger partial charge in [-0.15, -0.1) is 0 Å². The Labute approximate surface area is 124 Å². The van der Waals surface area contributed by atoms with Crippen molar-refractivity contribution in [2.24, 2.45) is 5.73 Å². The van der Waals surface area contributed by atoms with Crippen molar-refractivity contribution in [1.29, 1.82) is 5.41 Å². The molecule has 0 atom stereocenters. The van der Waals surface area contributed by atoms with Crippen LogP contribution in [-0.2, 0) is 6.54 Å². The van der Waals surface area contributed by atoms with E-state index in [4.69, 9.17) is 11.1 Å². The molecule has 4 N–H and O–H groups in total. The van der Waals surface area contributed by atoms with E-state index < -0.39 is 0 Å². The zero-order chi connectivity index (χ0) is 15.2. The summed E-state index contributed by atoms with van der Waals surface area (Å²) in [6.45, 7) is 3.03. The van der Waals surface area contributed by atoms with Gasteiger partial charge < -0.3 is 15.7 Å². The van der Waals surface area contributed by atoms with Crippen LogP contribution in [0.15, 0.2) is 42.5 Å². The van der Waals surface area contributed by atoms with Gasteiger partial charge >= 0.3 is 0 Å². The maximum absolute atomic E-state index is 9.29. The Morgan fingerprint density at radius 1 is 1.29 bits per heavy atom. The van der Waals surface area contributed by atoms with Crippen LogP contribution < -0.4 is 10.6 Å². The molecule has 0 aliphatic rings. The summed E-state index contributed by atoms with van der Waals surface area (Å²) >= 11 is 0. The van der Waals surface area contributed by atoms with Crippen LogP contribution in [0.3, 0.4) is 0 Å². The van der Waals surface area contributed by atoms with E-state index in [1.54, 1.807) is 12.1 Å². The fourth-order valence-corrected chi connectivity index (χ4v) is 2.17. The van der Waals surface area contributed by atoms with E-state index in [0.717, 1.165) is 17.1 Å². The van der Waals surface area contributed by atoms with Crippen molar-refractivity contribution in [1.82, 2.24) is 4.98 Å². The molecule has 110 valence electrons. The summed E-state index contributed by atoms with van der Waals surface area (Å²) < 4.78 is 0. The number of aryl methyl sites for hydroxylation is 1. The molecule has 0 spiro atoms. The van der Waals surface area contributed by atoms with Crippen LogP contribution in [0.25, 0.3) is 0 Å². The highest BCUT2D eigenvalue weighted by atomic mass is 16.3. The molecule has 0 radical (unpaired) electrons. The number of rotatable bonds is 6. The first-order chi connectivity index (χ1) is 10.1. The molecule has 2 rings (SSSR count). The molecule has 1 aromatic heterocycles. The van der Waals surface area contributed by atoms with Crippen LogP contribution in [0.2, 0.25) is 0 Å². The summed E-state index contributed by atoms with van der Waals surface area (Å²) in [5.74, 6) is 0.739. The number of amidine groups is 1. The zero-order valence-corrected chi connectivity index (χ0v) is 12.1. The van der Waals surface area contributed by atoms with Gasteiger partial charge in [-0.1, -0.05) is 30.3 Å². The topological polar surface area (TPSA) is 86.2 Å². The van der Waals surface area contributed by atoms with Crippen molar-refractivity contribution in [2.45, 2.75) is 13.5 Å². The smallest absolute Gasteiger partial charge is 0.129 e. The summed E-state index contributed by atoms with van der Waals surface area (Å²) in [5.41, 5.74) is 8.15. The highest BCUT2D eigenvalue weighted by molar-refractivity contribution is 5.95. The minimum atomic E-state index is 0.0189. The van der Waals surface area contributed by atoms with E-state index in [1.165, 1.54) is 0 Å². The maximum atomic E-state index is 9.29. The average Bonchev–Trinajstić information content (AvgIpc) is 2.47. The van der Waals surface area contributed by atoms with Gasteiger partial charge in [0.05, 0.1) is 6.61 Å². The second-order valence-corrected chi connectivity index (χ2v) is 4.90. The molecule has 0 saturated carbocycles. The highest BCUT2D eigenvalue weighted by Crippen LogP contribution is 2.17. The lowest BCUT2D eigenvalue weighted by Gasteiger charge is -2.24. The van der Waals surface area contributed by atoms with Gasteiger partial charge in [-0.25, -0.2) is 4.98 Å². The average molecular weight is 284 g/mol. The first kappa shape index (κ1) is 15.0. The summed E-state index contributed by atoms with van der Waals surface area (Å²) in [6.07, 6.45) is 0.